The first-order valence-corrected chi connectivity index (χ1v) is 5.37. The van der Waals surface area contributed by atoms with Gasteiger partial charge in [-0.05, 0) is 19.1 Å². The number of nitrogen functional groups attached to an aromatic ring is 1. The quantitative estimate of drug-likeness (QED) is 0.855. The highest BCUT2D eigenvalue weighted by atomic mass is 19.1. The fourth-order valence-corrected chi connectivity index (χ4v) is 1.59. The molecule has 0 fully saturated rings. The van der Waals surface area contributed by atoms with E-state index in [0.29, 0.717) is 6.54 Å². The molecule has 0 aliphatic rings. The summed E-state index contributed by atoms with van der Waals surface area (Å²) in [5.74, 6) is -0.993. The van der Waals surface area contributed by atoms with Gasteiger partial charge in [-0.15, -0.1) is 5.10 Å². The maximum absolute atomic E-state index is 13.6. The van der Waals surface area contributed by atoms with E-state index in [1.54, 1.807) is 19.1 Å². The summed E-state index contributed by atoms with van der Waals surface area (Å²) >= 11 is 0. The molecule has 0 aliphatic heterocycles. The summed E-state index contributed by atoms with van der Waals surface area (Å²) in [6.45, 7) is 2.05. The molecule has 94 valence electrons. The molecule has 3 N–H and O–H groups in total. The molecule has 2 rings (SSSR count). The Morgan fingerprint density at radius 3 is 2.78 bits per heavy atom. The molecule has 0 spiro atoms. The maximum atomic E-state index is 13.6. The second-order valence-electron chi connectivity index (χ2n) is 3.54. The van der Waals surface area contributed by atoms with Crippen molar-refractivity contribution in [1.82, 2.24) is 15.2 Å². The van der Waals surface area contributed by atoms with Crippen LogP contribution in [0.1, 0.15) is 17.5 Å². The van der Waals surface area contributed by atoms with Crippen molar-refractivity contribution in [3.63, 3.8) is 0 Å². The Morgan fingerprint density at radius 2 is 2.22 bits per heavy atom. The van der Waals surface area contributed by atoms with E-state index in [0.717, 1.165) is 0 Å². The van der Waals surface area contributed by atoms with Crippen molar-refractivity contribution in [3.05, 3.63) is 35.9 Å². The number of aromatic amines is 1. The van der Waals surface area contributed by atoms with Crippen molar-refractivity contribution in [2.75, 3.05) is 17.2 Å². The molecule has 1 heterocycles. The third-order valence-electron chi connectivity index (χ3n) is 2.41. The van der Waals surface area contributed by atoms with Gasteiger partial charge in [-0.2, -0.15) is 4.98 Å². The minimum Gasteiger partial charge on any atom is -0.366 e. The van der Waals surface area contributed by atoms with Gasteiger partial charge < -0.3 is 10.6 Å². The molecule has 0 bridgehead atoms. The van der Waals surface area contributed by atoms with E-state index in [2.05, 4.69) is 15.2 Å². The zero-order valence-electron chi connectivity index (χ0n) is 9.72. The molecular weight excluding hydrogens is 237 g/mol. The van der Waals surface area contributed by atoms with Crippen LogP contribution in [0.3, 0.4) is 0 Å². The smallest absolute Gasteiger partial charge is 0.295 e. The van der Waals surface area contributed by atoms with Crippen LogP contribution < -0.4 is 10.6 Å². The maximum Gasteiger partial charge on any atom is 0.295 e. The number of benzene rings is 1. The third-order valence-corrected chi connectivity index (χ3v) is 2.41. The predicted octanol–water partition coefficient (Wildman–Crippen LogP) is 1.19. The average molecular weight is 249 g/mol. The Morgan fingerprint density at radius 1 is 1.50 bits per heavy atom. The van der Waals surface area contributed by atoms with E-state index in [9.17, 15) is 9.18 Å². The molecular formula is C11H12FN5O. The van der Waals surface area contributed by atoms with Crippen molar-refractivity contribution < 1.29 is 9.18 Å². The molecule has 1 amide bonds. The fraction of sp³-hybridized carbons (Fsp3) is 0.182. The lowest BCUT2D eigenvalue weighted by Gasteiger charge is -2.19. The summed E-state index contributed by atoms with van der Waals surface area (Å²) < 4.78 is 13.6. The number of halogens is 1. The van der Waals surface area contributed by atoms with Crippen LogP contribution >= 0.6 is 0 Å². The summed E-state index contributed by atoms with van der Waals surface area (Å²) in [7, 11) is 0. The normalized spacial score (nSPS) is 10.3. The molecule has 0 aliphatic carbocycles. The van der Waals surface area contributed by atoms with Crippen LogP contribution in [0, 0.1) is 5.82 Å². The molecule has 0 radical (unpaired) electrons. The molecule has 7 heteroatoms. The number of rotatable bonds is 3. The van der Waals surface area contributed by atoms with E-state index in [4.69, 9.17) is 5.73 Å². The largest absolute Gasteiger partial charge is 0.366 e. The van der Waals surface area contributed by atoms with E-state index in [-0.39, 0.29) is 17.5 Å². The van der Waals surface area contributed by atoms with Gasteiger partial charge >= 0.3 is 0 Å². The number of nitrogens with zero attached hydrogens (tertiary/aromatic N) is 3. The van der Waals surface area contributed by atoms with Gasteiger partial charge in [0, 0.05) is 6.54 Å². The number of anilines is 2. The molecule has 1 aromatic carbocycles. The number of para-hydroxylation sites is 1. The lowest BCUT2D eigenvalue weighted by Crippen LogP contribution is -2.32. The van der Waals surface area contributed by atoms with Crippen LogP contribution in [-0.2, 0) is 0 Å². The van der Waals surface area contributed by atoms with E-state index < -0.39 is 11.7 Å². The topological polar surface area (TPSA) is 87.9 Å². The summed E-state index contributed by atoms with van der Waals surface area (Å²) in [5, 5.41) is 5.98. The molecule has 0 saturated heterocycles. The van der Waals surface area contributed by atoms with Gasteiger partial charge in [0.1, 0.15) is 5.82 Å². The van der Waals surface area contributed by atoms with Crippen molar-refractivity contribution in [1.29, 1.82) is 0 Å². The summed E-state index contributed by atoms with van der Waals surface area (Å²) in [5.41, 5.74) is 5.52. The number of hydrogen-bond donors (Lipinski definition) is 2. The zero-order chi connectivity index (χ0) is 13.1. The number of hydrogen-bond acceptors (Lipinski definition) is 4. The molecule has 18 heavy (non-hydrogen) atoms. The van der Waals surface area contributed by atoms with E-state index in [1.807, 2.05) is 0 Å². The van der Waals surface area contributed by atoms with Crippen LogP contribution in [0.25, 0.3) is 0 Å². The predicted molar refractivity (Wildman–Crippen MR) is 64.5 cm³/mol. The first kappa shape index (κ1) is 12.0. The van der Waals surface area contributed by atoms with Crippen LogP contribution in [-0.4, -0.2) is 27.6 Å². The summed E-state index contributed by atoms with van der Waals surface area (Å²) in [6.07, 6.45) is 0. The van der Waals surface area contributed by atoms with Crippen LogP contribution in [0.15, 0.2) is 24.3 Å². The first-order chi connectivity index (χ1) is 8.63. The highest BCUT2D eigenvalue weighted by Crippen LogP contribution is 2.19. The monoisotopic (exact) mass is 249 g/mol. The van der Waals surface area contributed by atoms with Crippen molar-refractivity contribution in [3.8, 4) is 0 Å². The number of nitrogens with one attached hydrogen (secondary N) is 1. The lowest BCUT2D eigenvalue weighted by molar-refractivity contribution is 0.0978. The fourth-order valence-electron chi connectivity index (χ4n) is 1.59. The van der Waals surface area contributed by atoms with Gasteiger partial charge in [-0.3, -0.25) is 9.89 Å². The second-order valence-corrected chi connectivity index (χ2v) is 3.54. The van der Waals surface area contributed by atoms with E-state index >= 15 is 0 Å². The number of nitrogens with two attached hydrogens (primary N) is 1. The molecule has 0 unspecified atom stereocenters. The van der Waals surface area contributed by atoms with Gasteiger partial charge in [-0.25, -0.2) is 4.39 Å². The minimum atomic E-state index is -0.480. The van der Waals surface area contributed by atoms with Crippen LogP contribution in [0.5, 0.6) is 0 Å². The van der Waals surface area contributed by atoms with Gasteiger partial charge in [-0.1, -0.05) is 12.1 Å². The van der Waals surface area contributed by atoms with E-state index in [1.165, 1.54) is 17.0 Å². The summed E-state index contributed by atoms with van der Waals surface area (Å²) in [6, 6.07) is 6.03. The third kappa shape index (κ3) is 2.15. The van der Waals surface area contributed by atoms with Crippen LogP contribution in [0.2, 0.25) is 0 Å². The number of H-pyrrole nitrogens is 1. The highest BCUT2D eigenvalue weighted by Gasteiger charge is 2.21. The van der Waals surface area contributed by atoms with Gasteiger partial charge in [0.15, 0.2) is 0 Å². The van der Waals surface area contributed by atoms with Gasteiger partial charge in [0.25, 0.3) is 5.91 Å². The molecule has 0 saturated carbocycles. The highest BCUT2D eigenvalue weighted by molar-refractivity contribution is 6.03. The Kier molecular flexibility index (Phi) is 3.22. The number of amides is 1. The standard InChI is InChI=1S/C11H12FN5O/c1-2-17(8-6-4-3-5-7(8)12)10(18)9-14-11(13)16-15-9/h3-6H,2H2,1H3,(H3,13,14,15,16). The number of carbonyl (C=O) groups is 1. The Hall–Kier alpha value is -2.44. The second kappa shape index (κ2) is 4.82. The molecule has 1 aromatic heterocycles. The number of carbonyl (C=O) groups excluding carboxylic acids is 1. The summed E-state index contributed by atoms with van der Waals surface area (Å²) in [4.78, 5) is 17.1. The number of aromatic nitrogens is 3. The lowest BCUT2D eigenvalue weighted by atomic mass is 10.2. The molecule has 6 nitrogen and oxygen atoms in total. The average Bonchev–Trinajstić information content (AvgIpc) is 2.79. The Bertz CT molecular complexity index is 568. The van der Waals surface area contributed by atoms with Gasteiger partial charge in [0.2, 0.25) is 11.8 Å². The first-order valence-electron chi connectivity index (χ1n) is 5.37. The Labute approximate surface area is 103 Å². The molecule has 0 atom stereocenters. The van der Waals surface area contributed by atoms with Crippen LogP contribution in [0.4, 0.5) is 16.0 Å². The van der Waals surface area contributed by atoms with Gasteiger partial charge in [0.05, 0.1) is 5.69 Å². The SMILES string of the molecule is CCN(C(=O)c1nc(N)n[nH]1)c1ccccc1F. The van der Waals surface area contributed by atoms with Crippen molar-refractivity contribution in [2.45, 2.75) is 6.92 Å². The zero-order valence-corrected chi connectivity index (χ0v) is 9.72. The Balaban J connectivity index is 2.35. The molecule has 2 aromatic rings. The van der Waals surface area contributed by atoms with Crippen molar-refractivity contribution in [2.24, 2.45) is 0 Å². The minimum absolute atomic E-state index is 0.0161. The van der Waals surface area contributed by atoms with Crippen molar-refractivity contribution >= 4 is 17.5 Å².